The first-order valence-corrected chi connectivity index (χ1v) is 13.0. The van der Waals surface area contributed by atoms with Gasteiger partial charge in [0.2, 0.25) is 0 Å². The van der Waals surface area contributed by atoms with Crippen molar-refractivity contribution in [1.82, 2.24) is 9.88 Å². The van der Waals surface area contributed by atoms with Gasteiger partial charge in [-0.3, -0.25) is 4.98 Å². The molecule has 0 bridgehead atoms. The zero-order valence-electron chi connectivity index (χ0n) is 20.9. The molecule has 2 aliphatic heterocycles. The predicted molar refractivity (Wildman–Crippen MR) is 143 cm³/mol. The highest BCUT2D eigenvalue weighted by Crippen LogP contribution is 2.38. The molecule has 2 aliphatic rings. The van der Waals surface area contributed by atoms with Gasteiger partial charge in [-0.1, -0.05) is 41.9 Å². The van der Waals surface area contributed by atoms with Crippen LogP contribution in [0, 0.1) is 0 Å². The normalized spacial score (nSPS) is 17.7. The van der Waals surface area contributed by atoms with E-state index in [0.29, 0.717) is 11.6 Å². The maximum absolute atomic E-state index is 10.6. The fraction of sp³-hybridized carbons (Fsp3) is 0.367. The smallest absolute Gasteiger partial charge is 0.138 e. The van der Waals surface area contributed by atoms with E-state index in [1.807, 2.05) is 62.5 Å². The van der Waals surface area contributed by atoms with Crippen molar-refractivity contribution in [3.63, 3.8) is 0 Å². The zero-order valence-corrected chi connectivity index (χ0v) is 21.7. The van der Waals surface area contributed by atoms with Crippen molar-refractivity contribution in [2.75, 3.05) is 19.6 Å². The molecule has 1 fully saturated rings. The second-order valence-corrected chi connectivity index (χ2v) is 10.5. The van der Waals surface area contributed by atoms with Gasteiger partial charge in [0.1, 0.15) is 24.2 Å². The van der Waals surface area contributed by atoms with Crippen LogP contribution in [0.1, 0.15) is 55.5 Å². The second-order valence-electron chi connectivity index (χ2n) is 10.1. The van der Waals surface area contributed by atoms with Crippen molar-refractivity contribution in [3.05, 3.63) is 94.3 Å². The van der Waals surface area contributed by atoms with Gasteiger partial charge in [0, 0.05) is 37.0 Å². The van der Waals surface area contributed by atoms with Gasteiger partial charge in [0.05, 0.1) is 16.3 Å². The molecule has 3 aromatic rings. The Labute approximate surface area is 218 Å². The third kappa shape index (κ3) is 5.59. The van der Waals surface area contributed by atoms with E-state index in [2.05, 4.69) is 28.1 Å². The number of para-hydroxylation sites is 1. The number of aliphatic hydroxyl groups is 1. The number of hydrogen-bond acceptors (Lipinski definition) is 5. The lowest BCUT2D eigenvalue weighted by molar-refractivity contribution is 0.0785. The minimum absolute atomic E-state index is 0.198. The van der Waals surface area contributed by atoms with Crippen molar-refractivity contribution >= 4 is 17.2 Å². The fourth-order valence-electron chi connectivity index (χ4n) is 4.92. The minimum atomic E-state index is -0.930. The van der Waals surface area contributed by atoms with Crippen LogP contribution in [-0.2, 0) is 12.2 Å². The number of piperidine rings is 1. The predicted octanol–water partition coefficient (Wildman–Crippen LogP) is 6.22. The molecule has 0 aliphatic carbocycles. The monoisotopic (exact) mass is 504 g/mol. The number of ether oxygens (including phenoxy) is 2. The molecule has 1 N–H and O–H groups in total. The van der Waals surface area contributed by atoms with E-state index in [4.69, 9.17) is 21.1 Å². The van der Waals surface area contributed by atoms with Crippen LogP contribution < -0.4 is 9.47 Å². The van der Waals surface area contributed by atoms with Crippen molar-refractivity contribution in [1.29, 1.82) is 0 Å². The van der Waals surface area contributed by atoms with Gasteiger partial charge in [-0.15, -0.1) is 0 Å². The molecule has 6 heteroatoms. The Morgan fingerprint density at radius 1 is 1.11 bits per heavy atom. The molecule has 0 radical (unpaired) electrons. The maximum atomic E-state index is 10.6. The quantitative estimate of drug-likeness (QED) is 0.432. The number of halogens is 1. The number of rotatable bonds is 6. The highest BCUT2D eigenvalue weighted by Gasteiger charge is 2.24. The molecule has 188 valence electrons. The van der Waals surface area contributed by atoms with Crippen molar-refractivity contribution in [3.8, 4) is 11.5 Å². The maximum Gasteiger partial charge on any atom is 0.138 e. The van der Waals surface area contributed by atoms with Crippen LogP contribution in [0.25, 0.3) is 5.57 Å². The van der Waals surface area contributed by atoms with Gasteiger partial charge in [0.15, 0.2) is 0 Å². The molecule has 1 aromatic heterocycles. The molecule has 1 saturated heterocycles. The van der Waals surface area contributed by atoms with Crippen LogP contribution in [0.4, 0.5) is 0 Å². The second kappa shape index (κ2) is 10.6. The van der Waals surface area contributed by atoms with Crippen LogP contribution >= 0.6 is 11.6 Å². The highest BCUT2D eigenvalue weighted by atomic mass is 35.5. The topological polar surface area (TPSA) is 54.8 Å². The summed E-state index contributed by atoms with van der Waals surface area (Å²) in [5.41, 5.74) is 4.09. The van der Waals surface area contributed by atoms with Crippen LogP contribution in [-0.4, -0.2) is 40.7 Å². The fourth-order valence-corrected chi connectivity index (χ4v) is 5.10. The Balaban J connectivity index is 1.29. The lowest BCUT2D eigenvalue weighted by Crippen LogP contribution is -2.38. The SMILES string of the molecule is CC(C)(O)c1ccc2c(c1)C(=CCCN1CCC(Oc3ccccc3Cl)CC1)c1cccnc1CO2. The number of pyridine rings is 1. The number of likely N-dealkylation sites (tertiary alicyclic amines) is 1. The van der Waals surface area contributed by atoms with Gasteiger partial charge in [0.25, 0.3) is 0 Å². The molecule has 5 rings (SSSR count). The molecule has 0 amide bonds. The van der Waals surface area contributed by atoms with Gasteiger partial charge >= 0.3 is 0 Å². The molecule has 0 unspecified atom stereocenters. The molecule has 0 spiro atoms. The van der Waals surface area contributed by atoms with Crippen molar-refractivity contribution in [2.24, 2.45) is 0 Å². The highest BCUT2D eigenvalue weighted by molar-refractivity contribution is 6.32. The molecule has 0 atom stereocenters. The Morgan fingerprint density at radius 3 is 2.69 bits per heavy atom. The summed E-state index contributed by atoms with van der Waals surface area (Å²) in [4.78, 5) is 7.08. The largest absolute Gasteiger partial charge is 0.489 e. The van der Waals surface area contributed by atoms with Crippen molar-refractivity contribution < 1.29 is 14.6 Å². The Morgan fingerprint density at radius 2 is 1.92 bits per heavy atom. The van der Waals surface area contributed by atoms with Gasteiger partial charge in [-0.05, 0) is 74.6 Å². The molecular formula is C30H33ClN2O3. The molecule has 36 heavy (non-hydrogen) atoms. The summed E-state index contributed by atoms with van der Waals surface area (Å²) < 4.78 is 12.3. The average molecular weight is 505 g/mol. The van der Waals surface area contributed by atoms with Gasteiger partial charge in [-0.2, -0.15) is 0 Å². The van der Waals surface area contributed by atoms with Gasteiger partial charge < -0.3 is 19.5 Å². The molecular weight excluding hydrogens is 472 g/mol. The number of nitrogens with zero attached hydrogens (tertiary/aromatic N) is 2. The summed E-state index contributed by atoms with van der Waals surface area (Å²) in [6, 6.07) is 17.7. The summed E-state index contributed by atoms with van der Waals surface area (Å²) in [6.45, 7) is 7.02. The number of benzene rings is 2. The van der Waals surface area contributed by atoms with E-state index in [-0.39, 0.29) is 6.10 Å². The lowest BCUT2D eigenvalue weighted by Gasteiger charge is -2.32. The van der Waals surface area contributed by atoms with Crippen molar-refractivity contribution in [2.45, 2.75) is 51.4 Å². The van der Waals surface area contributed by atoms with Crippen LogP contribution in [0.3, 0.4) is 0 Å². The van der Waals surface area contributed by atoms with E-state index in [1.165, 1.54) is 0 Å². The first-order valence-electron chi connectivity index (χ1n) is 12.7. The van der Waals surface area contributed by atoms with E-state index in [0.717, 1.165) is 78.4 Å². The summed E-state index contributed by atoms with van der Waals surface area (Å²) in [5, 5.41) is 11.3. The molecule has 0 saturated carbocycles. The third-order valence-corrected chi connectivity index (χ3v) is 7.29. The average Bonchev–Trinajstić information content (AvgIpc) is 3.03. The summed E-state index contributed by atoms with van der Waals surface area (Å²) >= 11 is 6.26. The lowest BCUT2D eigenvalue weighted by atomic mass is 9.90. The summed E-state index contributed by atoms with van der Waals surface area (Å²) in [5.74, 6) is 1.60. The van der Waals surface area contributed by atoms with Crippen LogP contribution in [0.5, 0.6) is 11.5 Å². The Bertz CT molecular complexity index is 1240. The zero-order chi connectivity index (χ0) is 25.1. The first-order chi connectivity index (χ1) is 17.4. The molecule has 2 aromatic carbocycles. The summed E-state index contributed by atoms with van der Waals surface area (Å²) in [7, 11) is 0. The van der Waals surface area contributed by atoms with Gasteiger partial charge in [-0.25, -0.2) is 0 Å². The van der Waals surface area contributed by atoms with Crippen LogP contribution in [0.15, 0.2) is 66.9 Å². The standard InChI is InChI=1S/C30H33ClN2O3/c1-30(2,34)21-11-12-28-25(19-21)23(24-7-5-15-32-27(24)20-35-28)8-6-16-33-17-13-22(14-18-33)36-29-10-4-3-9-26(29)31/h3-5,7-12,15,19,22,34H,6,13-14,16-18,20H2,1-2H3. The van der Waals surface area contributed by atoms with E-state index >= 15 is 0 Å². The van der Waals surface area contributed by atoms with E-state index in [9.17, 15) is 5.11 Å². The van der Waals surface area contributed by atoms with Crippen LogP contribution in [0.2, 0.25) is 5.02 Å². The molecule has 5 nitrogen and oxygen atoms in total. The Hall–Kier alpha value is -2.86. The van der Waals surface area contributed by atoms with E-state index < -0.39 is 5.60 Å². The minimum Gasteiger partial charge on any atom is -0.489 e. The molecule has 3 heterocycles. The number of aromatic nitrogens is 1. The Kier molecular flexibility index (Phi) is 7.33. The summed E-state index contributed by atoms with van der Waals surface area (Å²) in [6.07, 6.45) is 7.19. The number of hydrogen-bond donors (Lipinski definition) is 1. The van der Waals surface area contributed by atoms with E-state index in [1.54, 1.807) is 0 Å². The first kappa shape index (κ1) is 24.8. The third-order valence-electron chi connectivity index (χ3n) is 6.98. The number of fused-ring (bicyclic) bond motifs is 2.